The van der Waals surface area contributed by atoms with Crippen LogP contribution in [0.1, 0.15) is 5.56 Å². The molecule has 0 aliphatic carbocycles. The Labute approximate surface area is 135 Å². The number of fused-ring (bicyclic) bond motifs is 1. The Morgan fingerprint density at radius 1 is 1.19 bits per heavy atom. The summed E-state index contributed by atoms with van der Waals surface area (Å²) in [6.07, 6.45) is 1.72. The molecule has 3 rings (SSSR count). The van der Waals surface area contributed by atoms with Gasteiger partial charge in [-0.15, -0.1) is 0 Å². The molecule has 0 radical (unpaired) electrons. The van der Waals surface area contributed by atoms with Crippen molar-refractivity contribution < 1.29 is 4.39 Å². The minimum atomic E-state index is -0.258. The maximum Gasteiger partial charge on any atom is 0.124 e. The van der Waals surface area contributed by atoms with Crippen LogP contribution in [-0.4, -0.2) is 4.98 Å². The van der Waals surface area contributed by atoms with Crippen molar-refractivity contribution in [1.29, 1.82) is 0 Å². The van der Waals surface area contributed by atoms with E-state index in [1.165, 1.54) is 12.1 Å². The zero-order chi connectivity index (χ0) is 14.8. The number of hydrogen-bond donors (Lipinski definition) is 1. The summed E-state index contributed by atoms with van der Waals surface area (Å²) in [6.45, 7) is 0.576. The van der Waals surface area contributed by atoms with Crippen LogP contribution in [0.2, 0.25) is 5.02 Å². The first-order chi connectivity index (χ1) is 10.1. The van der Waals surface area contributed by atoms with Gasteiger partial charge < -0.3 is 5.32 Å². The first-order valence-electron chi connectivity index (χ1n) is 6.36. The zero-order valence-electron chi connectivity index (χ0n) is 10.9. The van der Waals surface area contributed by atoms with Gasteiger partial charge >= 0.3 is 0 Å². The molecule has 0 unspecified atom stereocenters. The number of pyridine rings is 1. The van der Waals surface area contributed by atoms with Gasteiger partial charge in [0.2, 0.25) is 0 Å². The monoisotopic (exact) mass is 364 g/mol. The molecule has 1 N–H and O–H groups in total. The van der Waals surface area contributed by atoms with E-state index in [0.29, 0.717) is 11.6 Å². The predicted molar refractivity (Wildman–Crippen MR) is 88.2 cm³/mol. The molecule has 5 heteroatoms. The lowest BCUT2D eigenvalue weighted by Gasteiger charge is -2.11. The second kappa shape index (κ2) is 6.00. The predicted octanol–water partition coefficient (Wildman–Crippen LogP) is 5.40. The summed E-state index contributed by atoms with van der Waals surface area (Å²) in [5, 5.41) is 4.93. The minimum absolute atomic E-state index is 0.258. The second-order valence-corrected chi connectivity index (χ2v) is 5.85. The molecule has 106 valence electrons. The number of nitrogens with one attached hydrogen (secondary N) is 1. The number of anilines is 1. The third-order valence-electron chi connectivity index (χ3n) is 3.20. The largest absolute Gasteiger partial charge is 0.380 e. The summed E-state index contributed by atoms with van der Waals surface area (Å²) < 4.78 is 13.8. The highest BCUT2D eigenvalue weighted by molar-refractivity contribution is 9.10. The number of aromatic nitrogens is 1. The zero-order valence-corrected chi connectivity index (χ0v) is 13.2. The number of hydrogen-bond acceptors (Lipinski definition) is 2. The van der Waals surface area contributed by atoms with Gasteiger partial charge in [-0.1, -0.05) is 33.6 Å². The summed E-state index contributed by atoms with van der Waals surface area (Å²) in [5.74, 6) is -0.258. The highest BCUT2D eigenvalue weighted by Crippen LogP contribution is 2.29. The van der Waals surface area contributed by atoms with Crippen molar-refractivity contribution in [3.8, 4) is 0 Å². The van der Waals surface area contributed by atoms with Crippen LogP contribution in [-0.2, 0) is 6.54 Å². The van der Waals surface area contributed by atoms with Crippen molar-refractivity contribution in [1.82, 2.24) is 4.98 Å². The molecule has 0 atom stereocenters. The molecule has 2 nitrogen and oxygen atoms in total. The highest BCUT2D eigenvalue weighted by Gasteiger charge is 2.06. The van der Waals surface area contributed by atoms with Gasteiger partial charge in [-0.25, -0.2) is 4.39 Å². The van der Waals surface area contributed by atoms with E-state index in [9.17, 15) is 4.39 Å². The van der Waals surface area contributed by atoms with E-state index in [1.54, 1.807) is 12.3 Å². The van der Waals surface area contributed by atoms with Crippen molar-refractivity contribution in [2.75, 3.05) is 5.32 Å². The molecule has 2 aromatic carbocycles. The lowest BCUT2D eigenvalue weighted by Crippen LogP contribution is -2.01. The minimum Gasteiger partial charge on any atom is -0.380 e. The fourth-order valence-electron chi connectivity index (χ4n) is 2.15. The maximum absolute atomic E-state index is 13.1. The quantitative estimate of drug-likeness (QED) is 0.672. The topological polar surface area (TPSA) is 24.9 Å². The van der Waals surface area contributed by atoms with E-state index < -0.39 is 0 Å². The first-order valence-corrected chi connectivity index (χ1v) is 7.53. The van der Waals surface area contributed by atoms with E-state index in [-0.39, 0.29) is 5.82 Å². The Morgan fingerprint density at radius 2 is 2.05 bits per heavy atom. The van der Waals surface area contributed by atoms with Crippen LogP contribution < -0.4 is 5.32 Å². The summed E-state index contributed by atoms with van der Waals surface area (Å²) in [7, 11) is 0. The normalized spacial score (nSPS) is 10.8. The standard InChI is InChI=1S/C16H11BrClFN2/c17-13-8-11(19)4-3-10(13)9-21-15-6-5-14(18)16-12(15)2-1-7-20-16/h1-8,21H,9H2. The third-order valence-corrected chi connectivity index (χ3v) is 4.25. The molecule has 21 heavy (non-hydrogen) atoms. The Kier molecular flexibility index (Phi) is 4.08. The van der Waals surface area contributed by atoms with Crippen LogP contribution in [0.5, 0.6) is 0 Å². The molecule has 0 spiro atoms. The fraction of sp³-hybridized carbons (Fsp3) is 0.0625. The molecular formula is C16H11BrClFN2. The van der Waals surface area contributed by atoms with Crippen LogP contribution in [0.25, 0.3) is 10.9 Å². The molecule has 0 saturated carbocycles. The van der Waals surface area contributed by atoms with Crippen molar-refractivity contribution in [2.45, 2.75) is 6.54 Å². The molecule has 0 aliphatic rings. The van der Waals surface area contributed by atoms with Crippen molar-refractivity contribution >= 4 is 44.1 Å². The molecule has 0 saturated heterocycles. The van der Waals surface area contributed by atoms with Gasteiger partial charge in [0.1, 0.15) is 5.82 Å². The van der Waals surface area contributed by atoms with Gasteiger partial charge in [-0.2, -0.15) is 0 Å². The summed E-state index contributed by atoms with van der Waals surface area (Å²) in [6, 6.07) is 12.2. The van der Waals surface area contributed by atoms with E-state index >= 15 is 0 Å². The van der Waals surface area contributed by atoms with Crippen molar-refractivity contribution in [3.63, 3.8) is 0 Å². The van der Waals surface area contributed by atoms with Gasteiger partial charge in [0.05, 0.1) is 10.5 Å². The van der Waals surface area contributed by atoms with Crippen LogP contribution in [0, 0.1) is 5.82 Å². The lowest BCUT2D eigenvalue weighted by molar-refractivity contribution is 0.626. The molecule has 3 aromatic rings. The smallest absolute Gasteiger partial charge is 0.124 e. The van der Waals surface area contributed by atoms with E-state index in [4.69, 9.17) is 11.6 Å². The Hall–Kier alpha value is -1.65. The van der Waals surface area contributed by atoms with Crippen LogP contribution in [0.3, 0.4) is 0 Å². The van der Waals surface area contributed by atoms with Gasteiger partial charge in [-0.3, -0.25) is 4.98 Å². The Balaban J connectivity index is 1.90. The molecular weight excluding hydrogens is 355 g/mol. The molecule has 0 aliphatic heterocycles. The molecule has 1 aromatic heterocycles. The van der Waals surface area contributed by atoms with E-state index in [0.717, 1.165) is 26.6 Å². The maximum atomic E-state index is 13.1. The molecule has 1 heterocycles. The van der Waals surface area contributed by atoms with Crippen LogP contribution >= 0.6 is 27.5 Å². The first kappa shape index (κ1) is 14.3. The van der Waals surface area contributed by atoms with Gasteiger partial charge in [0.15, 0.2) is 0 Å². The molecule has 0 bridgehead atoms. The van der Waals surface area contributed by atoms with Crippen molar-refractivity contribution in [2.24, 2.45) is 0 Å². The third kappa shape index (κ3) is 3.01. The van der Waals surface area contributed by atoms with Gasteiger partial charge in [-0.05, 0) is 42.0 Å². The van der Waals surface area contributed by atoms with Gasteiger partial charge in [0, 0.05) is 28.3 Å². The Morgan fingerprint density at radius 3 is 2.86 bits per heavy atom. The lowest BCUT2D eigenvalue weighted by atomic mass is 10.1. The van der Waals surface area contributed by atoms with Crippen LogP contribution in [0.15, 0.2) is 53.1 Å². The number of rotatable bonds is 3. The van der Waals surface area contributed by atoms with Gasteiger partial charge in [0.25, 0.3) is 0 Å². The van der Waals surface area contributed by atoms with Crippen LogP contribution in [0.4, 0.5) is 10.1 Å². The molecule has 0 fully saturated rings. The summed E-state index contributed by atoms with van der Waals surface area (Å²) in [4.78, 5) is 4.29. The van der Waals surface area contributed by atoms with E-state index in [1.807, 2.05) is 24.3 Å². The summed E-state index contributed by atoms with van der Waals surface area (Å²) >= 11 is 9.52. The number of nitrogens with zero attached hydrogens (tertiary/aromatic N) is 1. The summed E-state index contributed by atoms with van der Waals surface area (Å²) in [5.41, 5.74) is 2.68. The SMILES string of the molecule is Fc1ccc(CNc2ccc(Cl)c3ncccc23)c(Br)c1. The Bertz CT molecular complexity index is 807. The average molecular weight is 366 g/mol. The average Bonchev–Trinajstić information content (AvgIpc) is 2.48. The second-order valence-electron chi connectivity index (χ2n) is 4.58. The number of halogens is 3. The highest BCUT2D eigenvalue weighted by atomic mass is 79.9. The van der Waals surface area contributed by atoms with Crippen molar-refractivity contribution in [3.05, 3.63) is 69.5 Å². The fourth-order valence-corrected chi connectivity index (χ4v) is 2.85. The number of benzene rings is 2. The van der Waals surface area contributed by atoms with E-state index in [2.05, 4.69) is 26.2 Å². The molecule has 0 amide bonds.